The fraction of sp³-hybridized carbons (Fsp3) is 0.551. The maximum atomic E-state index is 12.1. The van der Waals surface area contributed by atoms with Crippen LogP contribution in [0.3, 0.4) is 0 Å². The van der Waals surface area contributed by atoms with Gasteiger partial charge >= 0.3 is 0 Å². The van der Waals surface area contributed by atoms with Crippen LogP contribution in [0.15, 0.2) is 88.7 Å². The van der Waals surface area contributed by atoms with E-state index in [4.69, 9.17) is 0 Å². The zero-order valence-corrected chi connectivity index (χ0v) is 36.1. The first-order valence-corrected chi connectivity index (χ1v) is 24.6. The molecule has 4 aromatic rings. The maximum absolute atomic E-state index is 12.1. The van der Waals surface area contributed by atoms with Crippen molar-refractivity contribution in [2.45, 2.75) is 121 Å². The van der Waals surface area contributed by atoms with E-state index < -0.39 is 20.2 Å². The molecule has 0 radical (unpaired) electrons. The van der Waals surface area contributed by atoms with Crippen molar-refractivity contribution in [2.24, 2.45) is 58.2 Å². The summed E-state index contributed by atoms with van der Waals surface area (Å²) in [6, 6.07) is 21.2. The summed E-state index contributed by atoms with van der Waals surface area (Å²) >= 11 is 0. The average molecular weight is 811 g/mol. The van der Waals surface area contributed by atoms with Crippen molar-refractivity contribution in [3.8, 4) is 0 Å². The zero-order valence-electron chi connectivity index (χ0n) is 34.5. The number of benzene rings is 4. The predicted octanol–water partition coefficient (Wildman–Crippen LogP) is 12.7. The predicted molar refractivity (Wildman–Crippen MR) is 231 cm³/mol. The summed E-state index contributed by atoms with van der Waals surface area (Å²) in [5.41, 5.74) is 3.77. The first kappa shape index (κ1) is 40.7. The molecule has 8 rings (SSSR count). The Hall–Kier alpha value is -3.04. The van der Waals surface area contributed by atoms with Crippen LogP contribution < -0.4 is 0 Å². The normalized spacial score (nSPS) is 30.8. The summed E-state index contributed by atoms with van der Waals surface area (Å²) in [6.45, 7) is 12.6. The van der Waals surface area contributed by atoms with Gasteiger partial charge in [0.05, 0.1) is 9.79 Å². The largest absolute Gasteiger partial charge is 0.294 e. The lowest BCUT2D eigenvalue weighted by Crippen LogP contribution is -2.53. The molecule has 2 N–H and O–H groups in total. The highest BCUT2D eigenvalue weighted by Gasteiger charge is 2.60. The molecule has 0 spiro atoms. The summed E-state index contributed by atoms with van der Waals surface area (Å²) in [6.07, 6.45) is 18.2. The van der Waals surface area contributed by atoms with Gasteiger partial charge in [0.2, 0.25) is 0 Å². The van der Waals surface area contributed by atoms with Crippen LogP contribution in [0, 0.1) is 58.2 Å². The van der Waals surface area contributed by atoms with Crippen LogP contribution in [0.4, 0.5) is 0 Å². The minimum atomic E-state index is -4.38. The van der Waals surface area contributed by atoms with Crippen LogP contribution in [0.25, 0.3) is 27.1 Å². The summed E-state index contributed by atoms with van der Waals surface area (Å²) in [7, 11) is -8.76. The third kappa shape index (κ3) is 7.55. The average Bonchev–Trinajstić information content (AvgIpc) is 3.52. The molecular weight excluding hydrogens is 749 g/mol. The van der Waals surface area contributed by atoms with Crippen LogP contribution in [-0.4, -0.2) is 25.9 Å². The van der Waals surface area contributed by atoms with Gasteiger partial charge in [-0.25, -0.2) is 0 Å². The lowest BCUT2D eigenvalue weighted by atomic mass is 9.44. The molecule has 0 amide bonds. The second-order valence-corrected chi connectivity index (χ2v) is 22.5. The smallest absolute Gasteiger partial charge is 0.282 e. The molecule has 4 aromatic carbocycles. The number of allylic oxidation sites excluding steroid dienone is 1. The Bertz CT molecular complexity index is 2300. The minimum absolute atomic E-state index is 0.143. The molecule has 4 aliphatic rings. The Kier molecular flexibility index (Phi) is 10.9. The molecule has 0 saturated heterocycles. The van der Waals surface area contributed by atoms with Crippen molar-refractivity contribution in [3.63, 3.8) is 0 Å². The zero-order chi connectivity index (χ0) is 40.5. The fourth-order valence-electron chi connectivity index (χ4n) is 13.3. The van der Waals surface area contributed by atoms with Crippen LogP contribution in [0.5, 0.6) is 0 Å². The quantitative estimate of drug-likeness (QED) is 0.154. The Balaban J connectivity index is 1.11. The molecule has 306 valence electrons. The van der Waals surface area contributed by atoms with Gasteiger partial charge in [0.1, 0.15) is 0 Å². The van der Waals surface area contributed by atoms with Gasteiger partial charge in [0.15, 0.2) is 0 Å². The van der Waals surface area contributed by atoms with Gasteiger partial charge in [-0.15, -0.1) is 0 Å². The second-order valence-electron chi connectivity index (χ2n) is 19.6. The van der Waals surface area contributed by atoms with E-state index in [1.54, 1.807) is 12.1 Å². The highest BCUT2D eigenvalue weighted by atomic mass is 32.2. The Morgan fingerprint density at radius 3 is 1.86 bits per heavy atom. The van der Waals surface area contributed by atoms with Gasteiger partial charge in [-0.2, -0.15) is 16.8 Å². The molecule has 0 heterocycles. The van der Waals surface area contributed by atoms with E-state index in [1.807, 2.05) is 24.3 Å². The summed E-state index contributed by atoms with van der Waals surface area (Å²) in [5.74, 6) is 5.95. The number of rotatable bonds is 10. The number of fused-ring (bicyclic) bond motifs is 7. The van der Waals surface area contributed by atoms with Gasteiger partial charge in [-0.3, -0.25) is 9.11 Å². The monoisotopic (exact) mass is 810 g/mol. The molecule has 6 nitrogen and oxygen atoms in total. The maximum Gasteiger partial charge on any atom is 0.294 e. The van der Waals surface area contributed by atoms with Crippen molar-refractivity contribution in [1.29, 1.82) is 0 Å². The van der Waals surface area contributed by atoms with Crippen LogP contribution in [0.2, 0.25) is 0 Å². The molecule has 3 unspecified atom stereocenters. The lowest BCUT2D eigenvalue weighted by Gasteiger charge is -2.61. The van der Waals surface area contributed by atoms with Crippen LogP contribution in [-0.2, 0) is 20.2 Å². The molecular formula is C49H62O6S2. The topological polar surface area (TPSA) is 109 Å². The van der Waals surface area contributed by atoms with Gasteiger partial charge < -0.3 is 0 Å². The highest BCUT2D eigenvalue weighted by molar-refractivity contribution is 7.86. The first-order valence-electron chi connectivity index (χ1n) is 21.7. The molecule has 4 fully saturated rings. The Morgan fingerprint density at radius 2 is 1.28 bits per heavy atom. The molecule has 0 aliphatic heterocycles. The van der Waals surface area contributed by atoms with Crippen molar-refractivity contribution in [2.75, 3.05) is 0 Å². The van der Waals surface area contributed by atoms with Gasteiger partial charge in [0, 0.05) is 0 Å². The van der Waals surface area contributed by atoms with Crippen molar-refractivity contribution >= 4 is 47.4 Å². The molecule has 57 heavy (non-hydrogen) atoms. The second kappa shape index (κ2) is 15.2. The van der Waals surface area contributed by atoms with E-state index in [-0.39, 0.29) is 9.79 Å². The summed E-state index contributed by atoms with van der Waals surface area (Å²) in [4.78, 5) is -0.287. The van der Waals surface area contributed by atoms with Gasteiger partial charge in [-0.05, 0) is 178 Å². The summed E-state index contributed by atoms with van der Waals surface area (Å²) in [5, 5.41) is 3.16. The van der Waals surface area contributed by atoms with E-state index >= 15 is 0 Å². The van der Waals surface area contributed by atoms with Gasteiger partial charge in [-0.1, -0.05) is 108 Å². The van der Waals surface area contributed by atoms with Crippen molar-refractivity contribution in [3.05, 3.63) is 90.0 Å². The molecule has 0 bridgehead atoms. The van der Waals surface area contributed by atoms with E-state index in [1.165, 1.54) is 88.5 Å². The van der Waals surface area contributed by atoms with E-state index in [2.05, 4.69) is 52.8 Å². The SMILES string of the molecule is CC(C)CCCC(C)[C@H]1CC[C@H]2[C@@H]3CCC4CC(C=C(c5cccc6cc(S(=O)(=O)O)ccc56)c5cccc6cc(S(=O)(=O)O)ccc56)CC[C@]4(C)[C@H]3CC[C@]12C. The highest BCUT2D eigenvalue weighted by Crippen LogP contribution is 2.69. The van der Waals surface area contributed by atoms with E-state index in [9.17, 15) is 25.9 Å². The van der Waals surface area contributed by atoms with E-state index in [0.717, 1.165) is 75.8 Å². The first-order chi connectivity index (χ1) is 27.0. The summed E-state index contributed by atoms with van der Waals surface area (Å²) < 4.78 is 68.1. The van der Waals surface area contributed by atoms with Crippen molar-refractivity contribution < 1.29 is 25.9 Å². The molecule has 4 saturated carbocycles. The Morgan fingerprint density at radius 1 is 0.702 bits per heavy atom. The minimum Gasteiger partial charge on any atom is -0.282 e. The number of hydrogen-bond donors (Lipinski definition) is 2. The molecule has 0 aromatic heterocycles. The third-order valence-corrected chi connectivity index (χ3v) is 17.9. The fourth-order valence-corrected chi connectivity index (χ4v) is 14.4. The van der Waals surface area contributed by atoms with Crippen LogP contribution >= 0.6 is 0 Å². The molecule has 4 aliphatic carbocycles. The van der Waals surface area contributed by atoms with Crippen molar-refractivity contribution in [1.82, 2.24) is 0 Å². The standard InChI is InChI=1S/C49H62O6S2/c1-31(2)9-6-10-32(3)45-21-22-46-43-18-15-36-27-33(23-25-48(36,4)47(43)24-26-49(45,46)5)28-44(41-13-7-11-34-29-37(56(50,51)52)16-19-39(34)41)42-14-8-12-35-30-38(57(53,54)55)17-20-40(35)42/h7-8,11-14,16-17,19-20,28-33,36,43,45-47H,6,9-10,15,18,21-27H2,1-5H3,(H,50,51,52)(H,53,54,55)/t32?,33?,36?,43-,45+,46-,47-,48-,49+/m0/s1. The number of hydrogen-bond acceptors (Lipinski definition) is 4. The van der Waals surface area contributed by atoms with E-state index in [0.29, 0.717) is 33.4 Å². The third-order valence-electron chi connectivity index (χ3n) is 16.2. The van der Waals surface area contributed by atoms with Gasteiger partial charge in [0.25, 0.3) is 20.2 Å². The molecule has 9 atom stereocenters. The molecule has 8 heteroatoms. The lowest BCUT2D eigenvalue weighted by molar-refractivity contribution is -0.118. The Labute approximate surface area is 341 Å². The van der Waals surface area contributed by atoms with Crippen LogP contribution in [0.1, 0.15) is 123 Å².